The highest BCUT2D eigenvalue weighted by molar-refractivity contribution is 5.74. The summed E-state index contributed by atoms with van der Waals surface area (Å²) in [6.07, 6.45) is -10.5. The van der Waals surface area contributed by atoms with E-state index in [0.29, 0.717) is 66.9 Å². The number of fused-ring (bicyclic) bond motifs is 1. The lowest BCUT2D eigenvalue weighted by Crippen LogP contribution is -2.53. The first kappa shape index (κ1) is 36.7. The van der Waals surface area contributed by atoms with Gasteiger partial charge in [-0.1, -0.05) is 56.7 Å². The molecule has 1 atom stereocenters. The normalized spacial score (nSPS) is 14.0. The quantitative estimate of drug-likeness (QED) is 0.0996. The third kappa shape index (κ3) is 8.09. The Morgan fingerprint density at radius 2 is 1.67 bits per heavy atom. The third-order valence-electron chi connectivity index (χ3n) is 7.98. The van der Waals surface area contributed by atoms with Gasteiger partial charge in [0.2, 0.25) is 0 Å². The number of halogens is 6. The van der Waals surface area contributed by atoms with Crippen LogP contribution in [0.2, 0.25) is 0 Å². The highest BCUT2D eigenvalue weighted by Gasteiger charge is 2.71. The van der Waals surface area contributed by atoms with Gasteiger partial charge in [-0.3, -0.25) is 0 Å². The van der Waals surface area contributed by atoms with E-state index in [4.69, 9.17) is 14.2 Å². The molecule has 3 aromatic rings. The molecule has 0 aliphatic carbocycles. The van der Waals surface area contributed by atoms with Gasteiger partial charge in [-0.25, -0.2) is 4.79 Å². The van der Waals surface area contributed by atoms with Crippen LogP contribution in [0.4, 0.5) is 31.1 Å². The number of alkyl halides is 6. The summed E-state index contributed by atoms with van der Waals surface area (Å²) in [4.78, 5) is 14.2. The van der Waals surface area contributed by atoms with Crippen LogP contribution in [0.15, 0.2) is 60.7 Å². The van der Waals surface area contributed by atoms with E-state index >= 15 is 0 Å². The Morgan fingerprint density at radius 1 is 0.958 bits per heavy atom. The monoisotopic (exact) mass is 684 g/mol. The lowest BCUT2D eigenvalue weighted by Gasteiger charge is -2.33. The summed E-state index contributed by atoms with van der Waals surface area (Å²) in [6, 6.07) is 13.7. The number of aliphatic hydroxyl groups excluding tert-OH is 1. The molecule has 1 heterocycles. The number of urea groups is 1. The minimum atomic E-state index is -5.99. The minimum absolute atomic E-state index is 0.136. The van der Waals surface area contributed by atoms with Crippen LogP contribution in [0, 0.1) is 0 Å². The maximum Gasteiger partial charge on any atom is 0.430 e. The molecule has 0 saturated heterocycles. The molecule has 0 radical (unpaired) electrons. The van der Waals surface area contributed by atoms with Crippen molar-refractivity contribution >= 4 is 6.03 Å². The van der Waals surface area contributed by atoms with Gasteiger partial charge in [-0.15, -0.1) is 0 Å². The number of aryl methyl sites for hydroxylation is 1. The molecule has 14 heteroatoms. The average molecular weight is 685 g/mol. The van der Waals surface area contributed by atoms with Crippen molar-refractivity contribution in [3.8, 4) is 28.4 Å². The Balaban J connectivity index is 1.40. The summed E-state index contributed by atoms with van der Waals surface area (Å²) in [6.45, 7) is 4.29. The molecule has 0 fully saturated rings. The molecule has 4 rings (SSSR count). The number of nitrogens with zero attached hydrogens (tertiary/aromatic N) is 1. The van der Waals surface area contributed by atoms with Crippen LogP contribution in [-0.4, -0.2) is 66.6 Å². The Labute approximate surface area is 274 Å². The smallest absolute Gasteiger partial charge is 0.430 e. The Morgan fingerprint density at radius 3 is 2.31 bits per heavy atom. The van der Waals surface area contributed by atoms with Crippen LogP contribution >= 0.6 is 0 Å². The van der Waals surface area contributed by atoms with Gasteiger partial charge in [-0.2, -0.15) is 26.3 Å². The highest BCUT2D eigenvalue weighted by Crippen LogP contribution is 2.50. The Hall–Kier alpha value is -4.17. The van der Waals surface area contributed by atoms with Crippen molar-refractivity contribution in [2.45, 2.75) is 63.5 Å². The first-order valence-corrected chi connectivity index (χ1v) is 15.5. The molecular formula is C34H38F6N2O6. The summed E-state index contributed by atoms with van der Waals surface area (Å²) >= 11 is 0. The second-order valence-electron chi connectivity index (χ2n) is 11.3. The second-order valence-corrected chi connectivity index (χ2v) is 11.3. The highest BCUT2D eigenvalue weighted by atomic mass is 19.4. The van der Waals surface area contributed by atoms with Crippen molar-refractivity contribution in [2.75, 3.05) is 33.1 Å². The van der Waals surface area contributed by atoms with Crippen molar-refractivity contribution in [3.63, 3.8) is 0 Å². The van der Waals surface area contributed by atoms with Crippen molar-refractivity contribution in [1.29, 1.82) is 0 Å². The summed E-state index contributed by atoms with van der Waals surface area (Å²) < 4.78 is 98.0. The van der Waals surface area contributed by atoms with Gasteiger partial charge in [0.25, 0.3) is 5.60 Å². The molecule has 1 aliphatic rings. The zero-order chi connectivity index (χ0) is 35.1. The number of benzene rings is 3. The maximum atomic E-state index is 13.5. The van der Waals surface area contributed by atoms with Gasteiger partial charge in [0.05, 0.1) is 12.6 Å². The van der Waals surface area contributed by atoms with Gasteiger partial charge in [0, 0.05) is 12.1 Å². The van der Waals surface area contributed by atoms with Crippen LogP contribution in [-0.2, 0) is 12.0 Å². The number of rotatable bonds is 13. The van der Waals surface area contributed by atoms with Crippen LogP contribution in [0.3, 0.4) is 0 Å². The lowest BCUT2D eigenvalue weighted by molar-refractivity contribution is -0.376. The van der Waals surface area contributed by atoms with Crippen LogP contribution < -0.4 is 19.5 Å². The molecule has 0 spiro atoms. The van der Waals surface area contributed by atoms with E-state index < -0.39 is 36.3 Å². The van der Waals surface area contributed by atoms with Gasteiger partial charge in [0.15, 0.2) is 11.5 Å². The molecule has 3 N–H and O–H groups in total. The zero-order valence-corrected chi connectivity index (χ0v) is 26.5. The molecule has 0 aromatic heterocycles. The van der Waals surface area contributed by atoms with E-state index in [0.717, 1.165) is 17.7 Å². The number of ether oxygens (including phenoxy) is 3. The van der Waals surface area contributed by atoms with Gasteiger partial charge < -0.3 is 34.6 Å². The first-order valence-electron chi connectivity index (χ1n) is 15.5. The maximum absolute atomic E-state index is 13.5. The molecule has 3 aromatic carbocycles. The first-order chi connectivity index (χ1) is 22.7. The third-order valence-corrected chi connectivity index (χ3v) is 7.98. The van der Waals surface area contributed by atoms with E-state index in [1.54, 1.807) is 37.3 Å². The number of carbonyl (C=O) groups is 1. The van der Waals surface area contributed by atoms with E-state index in [1.807, 2.05) is 19.1 Å². The fraction of sp³-hybridized carbons (Fsp3) is 0.441. The van der Waals surface area contributed by atoms with E-state index in [-0.39, 0.29) is 31.2 Å². The molecule has 1 unspecified atom stereocenters. The number of hydrogen-bond donors (Lipinski definition) is 3. The fourth-order valence-electron chi connectivity index (χ4n) is 5.44. The standard InChI is InChI=1S/C34H38F6N2O6/c1-3-7-22-18-25(32(45,33(35,36)37)34(38,39)40)11-12-27(22)23-8-5-9-26(19-23)46-15-6-14-42(21-43)31(44)41-28(4-2)24-10-13-29-30(20-24)48-17-16-47-29/h5,8-13,18-20,28,43,45H,3-4,6-7,14-17,21H2,1-2H3,(H,41,44). The topological polar surface area (TPSA) is 100 Å². The van der Waals surface area contributed by atoms with Gasteiger partial charge in [0.1, 0.15) is 25.7 Å². The molecule has 2 amide bonds. The molecule has 0 bridgehead atoms. The zero-order valence-electron chi connectivity index (χ0n) is 26.5. The lowest BCUT2D eigenvalue weighted by atomic mass is 9.87. The molecule has 262 valence electrons. The number of amides is 2. The van der Waals surface area contributed by atoms with Crippen LogP contribution in [0.25, 0.3) is 11.1 Å². The van der Waals surface area contributed by atoms with Gasteiger partial charge in [-0.05, 0) is 65.8 Å². The van der Waals surface area contributed by atoms with Crippen molar-refractivity contribution in [2.24, 2.45) is 0 Å². The molecule has 8 nitrogen and oxygen atoms in total. The van der Waals surface area contributed by atoms with Crippen molar-refractivity contribution in [1.82, 2.24) is 10.2 Å². The number of nitrogens with one attached hydrogen (secondary N) is 1. The Bertz CT molecular complexity index is 1530. The average Bonchev–Trinajstić information content (AvgIpc) is 3.05. The summed E-state index contributed by atoms with van der Waals surface area (Å²) in [5, 5.41) is 22.7. The number of carbonyl (C=O) groups excluding carboxylic acids is 1. The van der Waals surface area contributed by atoms with E-state index in [1.165, 1.54) is 4.90 Å². The number of aliphatic hydroxyl groups is 2. The SMILES string of the molecule is CCCc1cc(C(O)(C(F)(F)F)C(F)(F)F)ccc1-c1cccc(OCCCN(CO)C(=O)NC(CC)c2ccc3c(c2)OCCO3)c1. The molecule has 0 saturated carbocycles. The second kappa shape index (κ2) is 15.4. The van der Waals surface area contributed by atoms with Gasteiger partial charge >= 0.3 is 18.4 Å². The van der Waals surface area contributed by atoms with Crippen molar-refractivity contribution < 1.29 is 55.6 Å². The summed E-state index contributed by atoms with van der Waals surface area (Å²) in [5.74, 6) is 1.61. The molecular weight excluding hydrogens is 646 g/mol. The predicted molar refractivity (Wildman–Crippen MR) is 165 cm³/mol. The van der Waals surface area contributed by atoms with Crippen molar-refractivity contribution in [3.05, 3.63) is 77.4 Å². The van der Waals surface area contributed by atoms with E-state index in [2.05, 4.69) is 5.32 Å². The number of hydrogen-bond acceptors (Lipinski definition) is 6. The van der Waals surface area contributed by atoms with Crippen LogP contribution in [0.5, 0.6) is 17.2 Å². The Kier molecular flexibility index (Phi) is 11.7. The van der Waals surface area contributed by atoms with E-state index in [9.17, 15) is 41.4 Å². The summed E-state index contributed by atoms with van der Waals surface area (Å²) in [5.41, 5.74) is -4.42. The molecule has 1 aliphatic heterocycles. The minimum Gasteiger partial charge on any atom is -0.494 e. The fourth-order valence-corrected chi connectivity index (χ4v) is 5.44. The van der Waals surface area contributed by atoms with Crippen LogP contribution in [0.1, 0.15) is 55.8 Å². The largest absolute Gasteiger partial charge is 0.494 e. The summed E-state index contributed by atoms with van der Waals surface area (Å²) in [7, 11) is 0. The predicted octanol–water partition coefficient (Wildman–Crippen LogP) is 7.27. The molecule has 48 heavy (non-hydrogen) atoms.